The zero-order chi connectivity index (χ0) is 16.4. The predicted octanol–water partition coefficient (Wildman–Crippen LogP) is 3.40. The van der Waals surface area contributed by atoms with Crippen LogP contribution in [0.25, 0.3) is 0 Å². The average Bonchev–Trinajstić information content (AvgIpc) is 3.00. The fourth-order valence-corrected chi connectivity index (χ4v) is 5.63. The molecule has 0 aliphatic carbocycles. The van der Waals surface area contributed by atoms with Crippen LogP contribution in [0.2, 0.25) is 5.02 Å². The van der Waals surface area contributed by atoms with Crippen molar-refractivity contribution in [3.8, 4) is 0 Å². The highest BCUT2D eigenvalue weighted by Gasteiger charge is 2.34. The van der Waals surface area contributed by atoms with E-state index in [0.29, 0.717) is 28.4 Å². The Labute approximate surface area is 144 Å². The van der Waals surface area contributed by atoms with Crippen molar-refractivity contribution >= 4 is 38.7 Å². The number of hydrogen-bond donors (Lipinski definition) is 0. The second-order valence-electron chi connectivity index (χ2n) is 5.44. The van der Waals surface area contributed by atoms with Gasteiger partial charge in [0.2, 0.25) is 0 Å². The lowest BCUT2D eigenvalue weighted by atomic mass is 10.1. The molecule has 1 aromatic heterocycles. The van der Waals surface area contributed by atoms with E-state index >= 15 is 0 Å². The van der Waals surface area contributed by atoms with Gasteiger partial charge < -0.3 is 4.90 Å². The van der Waals surface area contributed by atoms with Gasteiger partial charge in [-0.1, -0.05) is 35.9 Å². The van der Waals surface area contributed by atoms with E-state index in [2.05, 4.69) is 0 Å². The molecule has 0 spiro atoms. The normalized spacial score (nSPS) is 20.9. The van der Waals surface area contributed by atoms with Crippen LogP contribution in [0.1, 0.15) is 26.9 Å². The number of benzene rings is 1. The molecule has 1 aliphatic heterocycles. The summed E-state index contributed by atoms with van der Waals surface area (Å²) in [4.78, 5) is 14.7. The molecule has 4 nitrogen and oxygen atoms in total. The van der Waals surface area contributed by atoms with Gasteiger partial charge in [0.05, 0.1) is 15.9 Å². The zero-order valence-corrected chi connectivity index (χ0v) is 14.7. The van der Waals surface area contributed by atoms with Crippen molar-refractivity contribution in [2.45, 2.75) is 11.7 Å². The number of halogens is 1. The summed E-state index contributed by atoms with van der Waals surface area (Å²) < 4.78 is 25.2. The first-order chi connectivity index (χ1) is 11.0. The van der Waals surface area contributed by atoms with Gasteiger partial charge in [0.1, 0.15) is 0 Å². The lowest BCUT2D eigenvalue weighted by Gasteiger charge is -2.19. The van der Waals surface area contributed by atoms with Crippen molar-refractivity contribution in [1.29, 1.82) is 0 Å². The molecule has 0 N–H and O–H groups in total. The summed E-state index contributed by atoms with van der Waals surface area (Å²) in [6.07, 6.45) is 0.364. The van der Waals surface area contributed by atoms with Gasteiger partial charge in [0.25, 0.3) is 5.91 Å². The van der Waals surface area contributed by atoms with Gasteiger partial charge in [-0.2, -0.15) is 0 Å². The molecule has 1 saturated heterocycles. The molecule has 1 fully saturated rings. The zero-order valence-electron chi connectivity index (χ0n) is 12.3. The van der Waals surface area contributed by atoms with Crippen molar-refractivity contribution in [1.82, 2.24) is 4.90 Å². The topological polar surface area (TPSA) is 54.5 Å². The van der Waals surface area contributed by atoms with Gasteiger partial charge in [-0.25, -0.2) is 8.42 Å². The Morgan fingerprint density at radius 2 is 1.96 bits per heavy atom. The van der Waals surface area contributed by atoms with Crippen molar-refractivity contribution < 1.29 is 13.2 Å². The molecule has 1 aromatic carbocycles. The number of hydrogen-bond acceptors (Lipinski definition) is 4. The van der Waals surface area contributed by atoms with E-state index in [0.717, 1.165) is 0 Å². The molecule has 1 atom stereocenters. The van der Waals surface area contributed by atoms with Crippen LogP contribution >= 0.6 is 22.9 Å². The van der Waals surface area contributed by atoms with Crippen LogP contribution in [0.15, 0.2) is 41.8 Å². The number of rotatable bonds is 2. The van der Waals surface area contributed by atoms with Crippen molar-refractivity contribution in [2.75, 3.05) is 18.8 Å². The fraction of sp³-hybridized carbons (Fsp3) is 0.312. The van der Waals surface area contributed by atoms with Crippen LogP contribution in [0.4, 0.5) is 0 Å². The number of thiophene rings is 1. The van der Waals surface area contributed by atoms with E-state index < -0.39 is 15.1 Å². The summed E-state index contributed by atoms with van der Waals surface area (Å²) in [6.45, 7) is 0.631. The third-order valence-electron chi connectivity index (χ3n) is 4.01. The third kappa shape index (κ3) is 3.44. The predicted molar refractivity (Wildman–Crippen MR) is 92.8 cm³/mol. The van der Waals surface area contributed by atoms with E-state index in [4.69, 9.17) is 11.6 Å². The van der Waals surface area contributed by atoms with Gasteiger partial charge in [0.15, 0.2) is 9.84 Å². The van der Waals surface area contributed by atoms with Gasteiger partial charge in [0, 0.05) is 18.1 Å². The first-order valence-corrected chi connectivity index (χ1v) is 10.2. The first kappa shape index (κ1) is 16.5. The van der Waals surface area contributed by atoms with Gasteiger partial charge in [-0.15, -0.1) is 11.3 Å². The minimum Gasteiger partial charge on any atom is -0.337 e. The minimum absolute atomic E-state index is 0.0417. The molecular weight excluding hydrogens is 354 g/mol. The molecule has 122 valence electrons. The van der Waals surface area contributed by atoms with E-state index in [1.807, 2.05) is 11.4 Å². The Hall–Kier alpha value is -1.37. The van der Waals surface area contributed by atoms with E-state index in [1.54, 1.807) is 35.2 Å². The standard InChI is InChI=1S/C16H16ClNO3S2/c17-13-5-2-1-4-12(13)15-7-8-18(9-11-23(15,20)21)16(19)14-6-3-10-22-14/h1-6,10,15H,7-9,11H2. The minimum atomic E-state index is -3.35. The van der Waals surface area contributed by atoms with Crippen LogP contribution in [-0.4, -0.2) is 38.1 Å². The molecule has 0 radical (unpaired) electrons. The second-order valence-corrected chi connectivity index (χ2v) is 9.09. The van der Waals surface area contributed by atoms with Crippen LogP contribution in [-0.2, 0) is 9.84 Å². The highest BCUT2D eigenvalue weighted by molar-refractivity contribution is 7.91. The lowest BCUT2D eigenvalue weighted by Crippen LogP contribution is -2.33. The molecule has 0 saturated carbocycles. The molecule has 7 heteroatoms. The molecule has 1 unspecified atom stereocenters. The van der Waals surface area contributed by atoms with E-state index in [-0.39, 0.29) is 18.2 Å². The monoisotopic (exact) mass is 369 g/mol. The summed E-state index contributed by atoms with van der Waals surface area (Å²) in [5, 5.41) is 1.64. The van der Waals surface area contributed by atoms with Gasteiger partial charge in [-0.05, 0) is 29.5 Å². The molecule has 1 amide bonds. The van der Waals surface area contributed by atoms with Crippen molar-refractivity contribution in [3.63, 3.8) is 0 Å². The molecule has 23 heavy (non-hydrogen) atoms. The second kappa shape index (κ2) is 6.63. The lowest BCUT2D eigenvalue weighted by molar-refractivity contribution is 0.0771. The van der Waals surface area contributed by atoms with Gasteiger partial charge >= 0.3 is 0 Å². The molecular formula is C16H16ClNO3S2. The van der Waals surface area contributed by atoms with Gasteiger partial charge in [-0.3, -0.25) is 4.79 Å². The highest BCUT2D eigenvalue weighted by Crippen LogP contribution is 2.34. The first-order valence-electron chi connectivity index (χ1n) is 7.28. The Morgan fingerprint density at radius 3 is 2.65 bits per heavy atom. The molecule has 2 aromatic rings. The highest BCUT2D eigenvalue weighted by atomic mass is 35.5. The Balaban J connectivity index is 1.86. The van der Waals surface area contributed by atoms with Crippen molar-refractivity contribution in [3.05, 3.63) is 57.2 Å². The van der Waals surface area contributed by atoms with Crippen molar-refractivity contribution in [2.24, 2.45) is 0 Å². The van der Waals surface area contributed by atoms with E-state index in [9.17, 15) is 13.2 Å². The summed E-state index contributed by atoms with van der Waals surface area (Å²) in [6, 6.07) is 10.6. The number of sulfone groups is 1. The Bertz CT molecular complexity index is 802. The van der Waals surface area contributed by atoms with Crippen LogP contribution in [0.3, 0.4) is 0 Å². The molecule has 2 heterocycles. The summed E-state index contributed by atoms with van der Waals surface area (Å²) >= 11 is 7.54. The number of nitrogens with zero attached hydrogens (tertiary/aromatic N) is 1. The number of amides is 1. The molecule has 0 bridgehead atoms. The molecule has 3 rings (SSSR count). The van der Waals surface area contributed by atoms with Crippen LogP contribution in [0.5, 0.6) is 0 Å². The van der Waals surface area contributed by atoms with Crippen LogP contribution < -0.4 is 0 Å². The summed E-state index contributed by atoms with van der Waals surface area (Å²) in [7, 11) is -3.35. The largest absolute Gasteiger partial charge is 0.337 e. The smallest absolute Gasteiger partial charge is 0.263 e. The average molecular weight is 370 g/mol. The quantitative estimate of drug-likeness (QED) is 0.815. The van der Waals surface area contributed by atoms with E-state index in [1.165, 1.54) is 11.3 Å². The third-order valence-corrected chi connectivity index (χ3v) is 7.32. The number of carbonyl (C=O) groups is 1. The summed E-state index contributed by atoms with van der Waals surface area (Å²) in [5.74, 6) is -0.144. The maximum atomic E-state index is 12.6. The SMILES string of the molecule is O=C(c1cccs1)N1CCC(c2ccccc2Cl)S(=O)(=O)CC1. The molecule has 1 aliphatic rings. The van der Waals surface area contributed by atoms with Crippen LogP contribution in [0, 0.1) is 0 Å². The maximum absolute atomic E-state index is 12.6. The number of carbonyl (C=O) groups excluding carboxylic acids is 1. The Kier molecular flexibility index (Phi) is 4.75. The fourth-order valence-electron chi connectivity index (χ4n) is 2.79. The summed E-state index contributed by atoms with van der Waals surface area (Å²) in [5.41, 5.74) is 0.625. The Morgan fingerprint density at radius 1 is 1.17 bits per heavy atom. The maximum Gasteiger partial charge on any atom is 0.263 e.